The summed E-state index contributed by atoms with van der Waals surface area (Å²) >= 11 is 3.30. The number of nitrogens with zero attached hydrogens (tertiary/aromatic N) is 5. The van der Waals surface area contributed by atoms with E-state index in [1.165, 1.54) is 6.33 Å². The Labute approximate surface area is 180 Å². The number of anilines is 2. The third-order valence-electron chi connectivity index (χ3n) is 6.08. The van der Waals surface area contributed by atoms with Crippen molar-refractivity contribution >= 4 is 50.4 Å². The van der Waals surface area contributed by atoms with Crippen LogP contribution in [-0.2, 0) is 16.1 Å². The van der Waals surface area contributed by atoms with E-state index >= 15 is 0 Å². The van der Waals surface area contributed by atoms with Gasteiger partial charge < -0.3 is 20.5 Å². The first-order chi connectivity index (χ1) is 14.4. The molecule has 30 heavy (non-hydrogen) atoms. The molecule has 1 aliphatic carbocycles. The van der Waals surface area contributed by atoms with Gasteiger partial charge in [-0.3, -0.25) is 9.59 Å². The number of halogens is 1. The largest absolute Gasteiger partial charge is 0.383 e. The first kappa shape index (κ1) is 19.0. The van der Waals surface area contributed by atoms with Crippen molar-refractivity contribution in [1.82, 2.24) is 24.4 Å². The quantitative estimate of drug-likeness (QED) is 0.565. The Hall–Kier alpha value is -3.01. The van der Waals surface area contributed by atoms with Crippen LogP contribution < -0.4 is 11.1 Å². The predicted molar refractivity (Wildman–Crippen MR) is 114 cm³/mol. The number of rotatable bonds is 4. The van der Waals surface area contributed by atoms with E-state index in [4.69, 9.17) is 5.73 Å². The fourth-order valence-electron chi connectivity index (χ4n) is 4.43. The predicted octanol–water partition coefficient (Wildman–Crippen LogP) is 2.19. The number of nitrogens with one attached hydrogen (secondary N) is 1. The van der Waals surface area contributed by atoms with Gasteiger partial charge in [-0.1, -0.05) is 13.0 Å². The van der Waals surface area contributed by atoms with Crippen molar-refractivity contribution in [2.75, 3.05) is 11.1 Å². The van der Waals surface area contributed by atoms with Gasteiger partial charge in [-0.05, 0) is 52.4 Å². The standard InChI is InChI=1S/C20H20BrN7O2/c1-20-7-12(19(30)26-15-4-2-3-14(21)25-15)28(13(20)8-20)16(29)9-27-6-5-11-17(22)23-10-24-18(11)27/h2-6,10,12-13H,7-9H2,1H3,(H2,22,23,24)(H,25,26,30)/t12-,13+,20-/m0/s1. The van der Waals surface area contributed by atoms with Crippen LogP contribution in [0.2, 0.25) is 0 Å². The molecule has 9 nitrogen and oxygen atoms in total. The van der Waals surface area contributed by atoms with Crippen molar-refractivity contribution in [3.05, 3.63) is 41.4 Å². The molecule has 3 aromatic heterocycles. The summed E-state index contributed by atoms with van der Waals surface area (Å²) in [6, 6.07) is 6.67. The zero-order chi connectivity index (χ0) is 21.0. The number of nitrogen functional groups attached to an aromatic ring is 1. The number of nitrogens with two attached hydrogens (primary N) is 1. The second-order valence-corrected chi connectivity index (χ2v) is 8.98. The van der Waals surface area contributed by atoms with Gasteiger partial charge in [0.2, 0.25) is 11.8 Å². The molecular formula is C20H20BrN7O2. The van der Waals surface area contributed by atoms with Gasteiger partial charge in [-0.2, -0.15) is 0 Å². The van der Waals surface area contributed by atoms with Crippen LogP contribution in [0.25, 0.3) is 11.0 Å². The number of likely N-dealkylation sites (tertiary alicyclic amines) is 1. The molecule has 10 heteroatoms. The molecule has 0 unspecified atom stereocenters. The highest BCUT2D eigenvalue weighted by Gasteiger charge is 2.64. The summed E-state index contributed by atoms with van der Waals surface area (Å²) < 4.78 is 2.38. The number of aromatic nitrogens is 4. The van der Waals surface area contributed by atoms with Crippen LogP contribution in [0.1, 0.15) is 19.8 Å². The van der Waals surface area contributed by atoms with E-state index in [1.54, 1.807) is 39.9 Å². The fraction of sp³-hybridized carbons (Fsp3) is 0.350. The lowest BCUT2D eigenvalue weighted by Crippen LogP contribution is -2.46. The van der Waals surface area contributed by atoms with Crippen LogP contribution in [0.15, 0.2) is 41.4 Å². The molecule has 0 bridgehead atoms. The number of amides is 2. The Morgan fingerprint density at radius 3 is 2.93 bits per heavy atom. The van der Waals surface area contributed by atoms with Gasteiger partial charge in [-0.25, -0.2) is 15.0 Å². The highest BCUT2D eigenvalue weighted by molar-refractivity contribution is 9.10. The minimum absolute atomic E-state index is 0.00623. The normalized spacial score (nSPS) is 24.7. The van der Waals surface area contributed by atoms with E-state index in [0.29, 0.717) is 33.7 Å². The van der Waals surface area contributed by atoms with E-state index in [2.05, 4.69) is 43.1 Å². The van der Waals surface area contributed by atoms with Gasteiger partial charge >= 0.3 is 0 Å². The topological polar surface area (TPSA) is 119 Å². The van der Waals surface area contributed by atoms with Gasteiger partial charge in [0, 0.05) is 12.2 Å². The first-order valence-electron chi connectivity index (χ1n) is 9.66. The second-order valence-electron chi connectivity index (χ2n) is 8.17. The number of piperidine rings is 1. The molecule has 3 atom stereocenters. The lowest BCUT2D eigenvalue weighted by Gasteiger charge is -2.27. The molecular weight excluding hydrogens is 450 g/mol. The number of hydrogen-bond acceptors (Lipinski definition) is 6. The van der Waals surface area contributed by atoms with E-state index in [-0.39, 0.29) is 29.8 Å². The number of hydrogen-bond donors (Lipinski definition) is 2. The smallest absolute Gasteiger partial charge is 0.248 e. The molecule has 3 N–H and O–H groups in total. The van der Waals surface area contributed by atoms with Crippen LogP contribution >= 0.6 is 15.9 Å². The third kappa shape index (κ3) is 3.11. The van der Waals surface area contributed by atoms with Crippen LogP contribution in [0, 0.1) is 5.41 Å². The number of pyridine rings is 1. The Morgan fingerprint density at radius 1 is 1.30 bits per heavy atom. The number of fused-ring (bicyclic) bond motifs is 2. The van der Waals surface area contributed by atoms with E-state index < -0.39 is 6.04 Å². The van der Waals surface area contributed by atoms with Crippen molar-refractivity contribution in [2.45, 2.75) is 38.4 Å². The van der Waals surface area contributed by atoms with Crippen molar-refractivity contribution in [3.63, 3.8) is 0 Å². The Kier molecular flexibility index (Phi) is 4.28. The maximum atomic E-state index is 13.3. The maximum Gasteiger partial charge on any atom is 0.248 e. The third-order valence-corrected chi connectivity index (χ3v) is 6.53. The van der Waals surface area contributed by atoms with Gasteiger partial charge in [0.1, 0.15) is 40.8 Å². The summed E-state index contributed by atoms with van der Waals surface area (Å²) in [6.45, 7) is 2.22. The van der Waals surface area contributed by atoms with Crippen molar-refractivity contribution in [3.8, 4) is 0 Å². The van der Waals surface area contributed by atoms with Crippen LogP contribution in [0.5, 0.6) is 0 Å². The first-order valence-corrected chi connectivity index (χ1v) is 10.4. The highest BCUT2D eigenvalue weighted by atomic mass is 79.9. The summed E-state index contributed by atoms with van der Waals surface area (Å²) in [5.74, 6) is 0.501. The summed E-state index contributed by atoms with van der Waals surface area (Å²) in [5.41, 5.74) is 6.49. The summed E-state index contributed by atoms with van der Waals surface area (Å²) in [6.07, 6.45) is 4.72. The molecule has 2 fully saturated rings. The lowest BCUT2D eigenvalue weighted by atomic mass is 10.0. The molecule has 5 rings (SSSR count). The van der Waals surface area contributed by atoms with Crippen LogP contribution in [0.4, 0.5) is 11.6 Å². The minimum atomic E-state index is -0.524. The Bertz CT molecular complexity index is 1180. The van der Waals surface area contributed by atoms with E-state index in [1.807, 2.05) is 0 Å². The number of carbonyl (C=O) groups is 2. The minimum Gasteiger partial charge on any atom is -0.383 e. The van der Waals surface area contributed by atoms with E-state index in [9.17, 15) is 9.59 Å². The zero-order valence-electron chi connectivity index (χ0n) is 16.2. The Morgan fingerprint density at radius 2 is 2.13 bits per heavy atom. The number of carbonyl (C=O) groups excluding carboxylic acids is 2. The summed E-state index contributed by atoms with van der Waals surface area (Å²) in [7, 11) is 0. The molecule has 2 amide bonds. The van der Waals surface area contributed by atoms with Gasteiger partial charge in [0.05, 0.1) is 5.39 Å². The van der Waals surface area contributed by atoms with E-state index in [0.717, 1.165) is 6.42 Å². The summed E-state index contributed by atoms with van der Waals surface area (Å²) in [5, 5.41) is 3.55. The van der Waals surface area contributed by atoms with Crippen molar-refractivity contribution in [1.29, 1.82) is 0 Å². The molecule has 1 saturated heterocycles. The molecule has 4 heterocycles. The average Bonchev–Trinajstić information content (AvgIpc) is 3.04. The molecule has 3 aromatic rings. The zero-order valence-corrected chi connectivity index (χ0v) is 17.8. The monoisotopic (exact) mass is 469 g/mol. The SMILES string of the molecule is C[C@@]12C[C@@H](C(=O)Nc3cccc(Br)n3)N(C(=O)Cn3ccc4c(N)ncnc43)[C@@H]1C2. The van der Waals surface area contributed by atoms with Gasteiger partial charge in [-0.15, -0.1) is 0 Å². The summed E-state index contributed by atoms with van der Waals surface area (Å²) in [4.78, 5) is 40.5. The van der Waals surface area contributed by atoms with Crippen molar-refractivity contribution < 1.29 is 9.59 Å². The highest BCUT2D eigenvalue weighted by Crippen LogP contribution is 2.59. The molecule has 154 valence electrons. The molecule has 2 aliphatic rings. The fourth-order valence-corrected chi connectivity index (χ4v) is 4.77. The van der Waals surface area contributed by atoms with Crippen molar-refractivity contribution in [2.24, 2.45) is 5.41 Å². The van der Waals surface area contributed by atoms with Crippen LogP contribution in [0.3, 0.4) is 0 Å². The molecule has 0 spiro atoms. The van der Waals surface area contributed by atoms with Gasteiger partial charge in [0.25, 0.3) is 0 Å². The molecule has 1 aliphatic heterocycles. The average molecular weight is 470 g/mol. The van der Waals surface area contributed by atoms with Crippen LogP contribution in [-0.4, -0.2) is 48.3 Å². The maximum absolute atomic E-state index is 13.3. The second kappa shape index (κ2) is 6.76. The molecule has 1 saturated carbocycles. The Balaban J connectivity index is 1.38. The molecule has 0 aromatic carbocycles. The molecule has 0 radical (unpaired) electrons. The lowest BCUT2D eigenvalue weighted by molar-refractivity contribution is -0.138. The van der Waals surface area contributed by atoms with Gasteiger partial charge in [0.15, 0.2) is 0 Å².